The Morgan fingerprint density at radius 1 is 1.00 bits per heavy atom. The average molecular weight is 230 g/mol. The topological polar surface area (TPSA) is 43.4 Å². The molecule has 1 aromatic rings. The van der Waals surface area contributed by atoms with E-state index in [1.807, 2.05) is 13.8 Å². The number of benzene rings is 1. The van der Waals surface area contributed by atoms with Crippen molar-refractivity contribution in [3.63, 3.8) is 0 Å². The molecule has 0 radical (unpaired) electrons. The van der Waals surface area contributed by atoms with E-state index in [0.29, 0.717) is 16.7 Å². The van der Waals surface area contributed by atoms with Crippen molar-refractivity contribution in [1.29, 1.82) is 0 Å². The standard InChI is InChI=1S/C14H14O3/c1-8(2)17-14-9(3)12(15)10-6-4-5-7-11(10)13(14)16/h4-8H,1-3H3. The molecular weight excluding hydrogens is 216 g/mol. The van der Waals surface area contributed by atoms with Crippen molar-refractivity contribution in [2.75, 3.05) is 0 Å². The lowest BCUT2D eigenvalue weighted by Crippen LogP contribution is -2.23. The van der Waals surface area contributed by atoms with Crippen LogP contribution in [0.5, 0.6) is 0 Å². The Labute approximate surface area is 100 Å². The minimum atomic E-state index is -0.202. The number of allylic oxidation sites excluding steroid dienone is 2. The monoisotopic (exact) mass is 230 g/mol. The fourth-order valence-corrected chi connectivity index (χ4v) is 1.85. The van der Waals surface area contributed by atoms with Crippen molar-refractivity contribution >= 4 is 11.6 Å². The zero-order chi connectivity index (χ0) is 12.6. The molecule has 88 valence electrons. The van der Waals surface area contributed by atoms with Crippen molar-refractivity contribution < 1.29 is 14.3 Å². The van der Waals surface area contributed by atoms with Gasteiger partial charge in [0.25, 0.3) is 0 Å². The highest BCUT2D eigenvalue weighted by atomic mass is 16.5. The maximum absolute atomic E-state index is 12.2. The van der Waals surface area contributed by atoms with E-state index in [-0.39, 0.29) is 23.4 Å². The molecule has 3 heteroatoms. The number of carbonyl (C=O) groups excluding carboxylic acids is 2. The van der Waals surface area contributed by atoms with Crippen LogP contribution in [0.1, 0.15) is 41.5 Å². The third kappa shape index (κ3) is 1.88. The minimum absolute atomic E-state index is 0.123. The van der Waals surface area contributed by atoms with Crippen molar-refractivity contribution in [1.82, 2.24) is 0 Å². The van der Waals surface area contributed by atoms with E-state index in [0.717, 1.165) is 0 Å². The van der Waals surface area contributed by atoms with E-state index in [1.54, 1.807) is 31.2 Å². The van der Waals surface area contributed by atoms with Gasteiger partial charge in [-0.05, 0) is 20.8 Å². The van der Waals surface area contributed by atoms with Gasteiger partial charge in [-0.25, -0.2) is 0 Å². The highest BCUT2D eigenvalue weighted by Crippen LogP contribution is 2.27. The van der Waals surface area contributed by atoms with Gasteiger partial charge in [-0.15, -0.1) is 0 Å². The molecule has 0 aliphatic heterocycles. The summed E-state index contributed by atoms with van der Waals surface area (Å²) in [6, 6.07) is 6.83. The molecule has 0 atom stereocenters. The van der Waals surface area contributed by atoms with Crippen LogP contribution in [0, 0.1) is 0 Å². The second-order valence-corrected chi connectivity index (χ2v) is 4.32. The number of ether oxygens (including phenoxy) is 1. The molecule has 0 aromatic heterocycles. The van der Waals surface area contributed by atoms with Crippen molar-refractivity contribution in [2.24, 2.45) is 0 Å². The van der Waals surface area contributed by atoms with Crippen LogP contribution < -0.4 is 0 Å². The van der Waals surface area contributed by atoms with E-state index >= 15 is 0 Å². The Morgan fingerprint density at radius 2 is 1.53 bits per heavy atom. The molecule has 0 saturated carbocycles. The number of fused-ring (bicyclic) bond motifs is 1. The van der Waals surface area contributed by atoms with Gasteiger partial charge in [0.2, 0.25) is 5.78 Å². The van der Waals surface area contributed by atoms with E-state index in [9.17, 15) is 9.59 Å². The Kier molecular flexibility index (Phi) is 2.84. The molecule has 1 aliphatic rings. The van der Waals surface area contributed by atoms with Crippen LogP contribution in [0.3, 0.4) is 0 Å². The first kappa shape index (κ1) is 11.6. The molecule has 0 amide bonds. The maximum atomic E-state index is 12.2. The quantitative estimate of drug-likeness (QED) is 0.784. The zero-order valence-corrected chi connectivity index (χ0v) is 10.1. The summed E-state index contributed by atoms with van der Waals surface area (Å²) < 4.78 is 5.45. The smallest absolute Gasteiger partial charge is 0.228 e. The van der Waals surface area contributed by atoms with Gasteiger partial charge >= 0.3 is 0 Å². The molecule has 0 unspecified atom stereocenters. The van der Waals surface area contributed by atoms with E-state index in [2.05, 4.69) is 0 Å². The van der Waals surface area contributed by atoms with Crippen LogP contribution in [0.2, 0.25) is 0 Å². The molecule has 1 aromatic carbocycles. The van der Waals surface area contributed by atoms with E-state index in [1.165, 1.54) is 0 Å². The van der Waals surface area contributed by atoms with Gasteiger partial charge in [0.1, 0.15) is 0 Å². The van der Waals surface area contributed by atoms with Crippen LogP contribution >= 0.6 is 0 Å². The third-order valence-corrected chi connectivity index (χ3v) is 2.66. The fraction of sp³-hybridized carbons (Fsp3) is 0.286. The highest BCUT2D eigenvalue weighted by molar-refractivity contribution is 6.25. The number of hydrogen-bond acceptors (Lipinski definition) is 3. The summed E-state index contributed by atoms with van der Waals surface area (Å²) in [7, 11) is 0. The van der Waals surface area contributed by atoms with Gasteiger partial charge in [-0.2, -0.15) is 0 Å². The van der Waals surface area contributed by atoms with Gasteiger partial charge in [0.15, 0.2) is 11.5 Å². The Morgan fingerprint density at radius 3 is 2.06 bits per heavy atom. The summed E-state index contributed by atoms with van der Waals surface area (Å²) in [6.07, 6.45) is -0.123. The Balaban J connectivity index is 2.54. The first-order chi connectivity index (χ1) is 8.02. The lowest BCUT2D eigenvalue weighted by atomic mass is 9.89. The van der Waals surface area contributed by atoms with Crippen molar-refractivity contribution in [2.45, 2.75) is 26.9 Å². The SMILES string of the molecule is CC1=C(OC(C)C)C(=O)c2ccccc2C1=O. The van der Waals surface area contributed by atoms with Gasteiger partial charge in [-0.3, -0.25) is 9.59 Å². The molecule has 0 heterocycles. The molecule has 0 bridgehead atoms. The molecule has 2 rings (SSSR count). The Hall–Kier alpha value is -1.90. The summed E-state index contributed by atoms with van der Waals surface area (Å²) >= 11 is 0. The largest absolute Gasteiger partial charge is 0.486 e. The summed E-state index contributed by atoms with van der Waals surface area (Å²) in [5, 5.41) is 0. The lowest BCUT2D eigenvalue weighted by molar-refractivity contribution is 0.0798. The molecule has 0 fully saturated rings. The number of carbonyl (C=O) groups is 2. The summed E-state index contributed by atoms with van der Waals surface area (Å²) in [4.78, 5) is 24.2. The molecular formula is C14H14O3. The summed E-state index contributed by atoms with van der Waals surface area (Å²) in [5.74, 6) is -0.147. The number of hydrogen-bond donors (Lipinski definition) is 0. The second kappa shape index (κ2) is 4.17. The number of rotatable bonds is 2. The highest BCUT2D eigenvalue weighted by Gasteiger charge is 2.31. The van der Waals surface area contributed by atoms with Crippen LogP contribution in [-0.2, 0) is 4.74 Å². The zero-order valence-electron chi connectivity index (χ0n) is 10.1. The van der Waals surface area contributed by atoms with Crippen LogP contribution in [0.4, 0.5) is 0 Å². The minimum Gasteiger partial charge on any atom is -0.486 e. The van der Waals surface area contributed by atoms with Crippen LogP contribution in [0.15, 0.2) is 35.6 Å². The van der Waals surface area contributed by atoms with Gasteiger partial charge in [0, 0.05) is 16.7 Å². The van der Waals surface area contributed by atoms with Gasteiger partial charge in [-0.1, -0.05) is 24.3 Å². The first-order valence-corrected chi connectivity index (χ1v) is 5.58. The van der Waals surface area contributed by atoms with E-state index < -0.39 is 0 Å². The third-order valence-electron chi connectivity index (χ3n) is 2.66. The molecule has 0 N–H and O–H groups in total. The molecule has 3 nitrogen and oxygen atoms in total. The summed E-state index contributed by atoms with van der Waals surface area (Å²) in [5.41, 5.74) is 1.28. The molecule has 1 aliphatic carbocycles. The number of Topliss-reactive ketones (excluding diaryl/α,β-unsaturated/α-hetero) is 2. The van der Waals surface area contributed by atoms with Gasteiger partial charge < -0.3 is 4.74 Å². The predicted molar refractivity (Wildman–Crippen MR) is 64.0 cm³/mol. The number of ketones is 2. The second-order valence-electron chi connectivity index (χ2n) is 4.32. The maximum Gasteiger partial charge on any atom is 0.228 e. The fourth-order valence-electron chi connectivity index (χ4n) is 1.85. The van der Waals surface area contributed by atoms with Crippen LogP contribution in [-0.4, -0.2) is 17.7 Å². The van der Waals surface area contributed by atoms with Crippen molar-refractivity contribution in [3.05, 3.63) is 46.7 Å². The van der Waals surface area contributed by atoms with Crippen LogP contribution in [0.25, 0.3) is 0 Å². The summed E-state index contributed by atoms with van der Waals surface area (Å²) in [6.45, 7) is 5.30. The average Bonchev–Trinajstić information content (AvgIpc) is 2.31. The molecule has 0 saturated heterocycles. The van der Waals surface area contributed by atoms with E-state index in [4.69, 9.17) is 4.74 Å². The lowest BCUT2D eigenvalue weighted by Gasteiger charge is -2.20. The molecule has 0 spiro atoms. The van der Waals surface area contributed by atoms with Gasteiger partial charge in [0.05, 0.1) is 6.10 Å². The van der Waals surface area contributed by atoms with Crippen molar-refractivity contribution in [3.8, 4) is 0 Å². The normalized spacial score (nSPS) is 15.3. The Bertz CT molecular complexity index is 524. The molecule has 17 heavy (non-hydrogen) atoms. The predicted octanol–water partition coefficient (Wildman–Crippen LogP) is 2.76. The first-order valence-electron chi connectivity index (χ1n) is 5.58.